The van der Waals surface area contributed by atoms with E-state index in [1.54, 1.807) is 0 Å². The quantitative estimate of drug-likeness (QED) is 0.683. The fraction of sp³-hybridized carbons (Fsp3) is 0.500. The molecule has 3 rings (SSSR count). The van der Waals surface area contributed by atoms with Crippen LogP contribution in [0.25, 0.3) is 0 Å². The lowest BCUT2D eigenvalue weighted by Crippen LogP contribution is -2.30. The second kappa shape index (κ2) is 7.83. The molecule has 1 fully saturated rings. The SMILES string of the molecule is Cc1ccccc1CNc1cc(C2CC2)nc(N[C@@H](CO)C(C)C)n1. The Bertz CT molecular complexity index is 713. The molecule has 1 aromatic heterocycles. The molecule has 0 unspecified atom stereocenters. The lowest BCUT2D eigenvalue weighted by atomic mass is 10.1. The lowest BCUT2D eigenvalue weighted by molar-refractivity contribution is 0.248. The maximum absolute atomic E-state index is 9.57. The van der Waals surface area contributed by atoms with E-state index >= 15 is 0 Å². The van der Waals surface area contributed by atoms with Crippen LogP contribution in [0.4, 0.5) is 11.8 Å². The van der Waals surface area contributed by atoms with E-state index in [1.807, 2.05) is 0 Å². The fourth-order valence-electron chi connectivity index (χ4n) is 2.79. The van der Waals surface area contributed by atoms with Gasteiger partial charge in [-0.05, 0) is 36.8 Å². The highest BCUT2D eigenvalue weighted by molar-refractivity contribution is 5.45. The first-order valence-corrected chi connectivity index (χ1v) is 9.11. The number of aryl methyl sites for hydroxylation is 1. The molecule has 1 aliphatic rings. The topological polar surface area (TPSA) is 70.1 Å². The summed E-state index contributed by atoms with van der Waals surface area (Å²) in [5.41, 5.74) is 3.62. The van der Waals surface area contributed by atoms with Crippen molar-refractivity contribution in [3.63, 3.8) is 0 Å². The van der Waals surface area contributed by atoms with Crippen LogP contribution in [0.5, 0.6) is 0 Å². The molecule has 0 saturated heterocycles. The molecule has 3 N–H and O–H groups in total. The molecule has 1 heterocycles. The summed E-state index contributed by atoms with van der Waals surface area (Å²) < 4.78 is 0. The number of hydrogen-bond acceptors (Lipinski definition) is 5. The zero-order valence-corrected chi connectivity index (χ0v) is 15.3. The van der Waals surface area contributed by atoms with Crippen LogP contribution in [0, 0.1) is 12.8 Å². The number of aliphatic hydroxyl groups is 1. The Kier molecular flexibility index (Phi) is 5.53. The van der Waals surface area contributed by atoms with E-state index in [9.17, 15) is 5.11 Å². The Morgan fingerprint density at radius 3 is 2.60 bits per heavy atom. The summed E-state index contributed by atoms with van der Waals surface area (Å²) >= 11 is 0. The standard InChI is InChI=1S/C20H28N4O/c1-13(2)18(12-25)23-20-22-17(15-8-9-15)10-19(24-20)21-11-16-7-5-4-6-14(16)3/h4-7,10,13,15,18,25H,8-9,11-12H2,1-3H3,(H2,21,22,23,24)/t18-/m0/s1. The average molecular weight is 340 g/mol. The average Bonchev–Trinajstić information content (AvgIpc) is 3.43. The zero-order chi connectivity index (χ0) is 17.8. The summed E-state index contributed by atoms with van der Waals surface area (Å²) in [6, 6.07) is 10.4. The predicted octanol–water partition coefficient (Wildman–Crippen LogP) is 3.70. The maximum atomic E-state index is 9.57. The molecule has 0 spiro atoms. The van der Waals surface area contributed by atoms with E-state index < -0.39 is 0 Å². The summed E-state index contributed by atoms with van der Waals surface area (Å²) in [5, 5.41) is 16.3. The Labute approximate surface area is 149 Å². The number of nitrogens with one attached hydrogen (secondary N) is 2. The number of hydrogen-bond donors (Lipinski definition) is 3. The van der Waals surface area contributed by atoms with Gasteiger partial charge in [0.2, 0.25) is 5.95 Å². The first-order chi connectivity index (χ1) is 12.1. The van der Waals surface area contributed by atoms with Gasteiger partial charge in [0.05, 0.1) is 18.3 Å². The van der Waals surface area contributed by atoms with Crippen LogP contribution in [0.2, 0.25) is 0 Å². The van der Waals surface area contributed by atoms with Crippen LogP contribution < -0.4 is 10.6 Å². The van der Waals surface area contributed by atoms with Gasteiger partial charge in [0, 0.05) is 18.5 Å². The van der Waals surface area contributed by atoms with Gasteiger partial charge >= 0.3 is 0 Å². The minimum absolute atomic E-state index is 0.0429. The molecule has 5 heteroatoms. The molecule has 1 saturated carbocycles. The number of benzene rings is 1. The first kappa shape index (κ1) is 17.7. The van der Waals surface area contributed by atoms with E-state index in [2.05, 4.69) is 71.7 Å². The Balaban J connectivity index is 1.77. The normalized spacial score (nSPS) is 15.2. The van der Waals surface area contributed by atoms with Crippen molar-refractivity contribution in [2.45, 2.75) is 52.1 Å². The van der Waals surface area contributed by atoms with Crippen LogP contribution in [0.15, 0.2) is 30.3 Å². The van der Waals surface area contributed by atoms with E-state index in [4.69, 9.17) is 0 Å². The molecule has 5 nitrogen and oxygen atoms in total. The minimum atomic E-state index is -0.0429. The molecule has 0 bridgehead atoms. The van der Waals surface area contributed by atoms with Crippen molar-refractivity contribution in [3.05, 3.63) is 47.2 Å². The van der Waals surface area contributed by atoms with E-state index in [0.717, 1.165) is 18.1 Å². The van der Waals surface area contributed by atoms with Crippen LogP contribution in [0.3, 0.4) is 0 Å². The van der Waals surface area contributed by atoms with Crippen LogP contribution >= 0.6 is 0 Å². The van der Waals surface area contributed by atoms with Gasteiger partial charge in [-0.3, -0.25) is 0 Å². The molecule has 1 atom stereocenters. The summed E-state index contributed by atoms with van der Waals surface area (Å²) in [7, 11) is 0. The van der Waals surface area contributed by atoms with Crippen molar-refractivity contribution < 1.29 is 5.11 Å². The van der Waals surface area contributed by atoms with Crippen molar-refractivity contribution in [2.75, 3.05) is 17.2 Å². The summed E-state index contributed by atoms with van der Waals surface area (Å²) in [6.07, 6.45) is 2.39. The molecule has 25 heavy (non-hydrogen) atoms. The molecular formula is C20H28N4O. The second-order valence-corrected chi connectivity index (χ2v) is 7.23. The number of anilines is 2. The minimum Gasteiger partial charge on any atom is -0.394 e. The van der Waals surface area contributed by atoms with Crippen molar-refractivity contribution in [1.82, 2.24) is 9.97 Å². The smallest absolute Gasteiger partial charge is 0.225 e. The molecule has 0 aliphatic heterocycles. The van der Waals surface area contributed by atoms with Gasteiger partial charge in [-0.15, -0.1) is 0 Å². The summed E-state index contributed by atoms with van der Waals surface area (Å²) in [5.74, 6) is 2.29. The Morgan fingerprint density at radius 1 is 1.20 bits per heavy atom. The van der Waals surface area contributed by atoms with E-state index in [0.29, 0.717) is 17.8 Å². The highest BCUT2D eigenvalue weighted by atomic mass is 16.3. The van der Waals surface area contributed by atoms with E-state index in [-0.39, 0.29) is 12.6 Å². The molecular weight excluding hydrogens is 312 g/mol. The molecule has 1 aromatic carbocycles. The van der Waals surface area contributed by atoms with E-state index in [1.165, 1.54) is 24.0 Å². The third-order valence-corrected chi connectivity index (χ3v) is 4.78. The third-order valence-electron chi connectivity index (χ3n) is 4.78. The largest absolute Gasteiger partial charge is 0.394 e. The number of nitrogens with zero attached hydrogens (tertiary/aromatic N) is 2. The van der Waals surface area contributed by atoms with Crippen LogP contribution in [0.1, 0.15) is 49.4 Å². The molecule has 1 aliphatic carbocycles. The predicted molar refractivity (Wildman–Crippen MR) is 102 cm³/mol. The highest BCUT2D eigenvalue weighted by Crippen LogP contribution is 2.40. The van der Waals surface area contributed by atoms with Gasteiger partial charge in [-0.25, -0.2) is 4.98 Å². The van der Waals surface area contributed by atoms with Crippen molar-refractivity contribution in [1.29, 1.82) is 0 Å². The molecule has 0 radical (unpaired) electrons. The van der Waals surface area contributed by atoms with Crippen molar-refractivity contribution in [3.8, 4) is 0 Å². The lowest BCUT2D eigenvalue weighted by Gasteiger charge is -2.20. The first-order valence-electron chi connectivity index (χ1n) is 9.11. The summed E-state index contributed by atoms with van der Waals surface area (Å²) in [4.78, 5) is 9.28. The van der Waals surface area contributed by atoms with Crippen LogP contribution in [-0.2, 0) is 6.54 Å². The molecule has 134 valence electrons. The number of rotatable bonds is 8. The third kappa shape index (κ3) is 4.69. The summed E-state index contributed by atoms with van der Waals surface area (Å²) in [6.45, 7) is 7.08. The fourth-order valence-corrected chi connectivity index (χ4v) is 2.79. The van der Waals surface area contributed by atoms with Gasteiger partial charge in [0.15, 0.2) is 0 Å². The Morgan fingerprint density at radius 2 is 1.96 bits per heavy atom. The molecule has 0 amide bonds. The zero-order valence-electron chi connectivity index (χ0n) is 15.3. The number of aliphatic hydroxyl groups excluding tert-OH is 1. The second-order valence-electron chi connectivity index (χ2n) is 7.23. The van der Waals surface area contributed by atoms with Gasteiger partial charge in [0.25, 0.3) is 0 Å². The van der Waals surface area contributed by atoms with Crippen molar-refractivity contribution in [2.24, 2.45) is 5.92 Å². The maximum Gasteiger partial charge on any atom is 0.225 e. The van der Waals surface area contributed by atoms with Crippen molar-refractivity contribution >= 4 is 11.8 Å². The van der Waals surface area contributed by atoms with Gasteiger partial charge < -0.3 is 15.7 Å². The highest BCUT2D eigenvalue weighted by Gasteiger charge is 2.26. The monoisotopic (exact) mass is 340 g/mol. The van der Waals surface area contributed by atoms with Crippen LogP contribution in [-0.4, -0.2) is 27.7 Å². The van der Waals surface area contributed by atoms with Gasteiger partial charge in [-0.2, -0.15) is 4.98 Å². The number of aromatic nitrogens is 2. The van der Waals surface area contributed by atoms with Gasteiger partial charge in [0.1, 0.15) is 5.82 Å². The van der Waals surface area contributed by atoms with Gasteiger partial charge in [-0.1, -0.05) is 38.1 Å². The Hall–Kier alpha value is -2.14. The molecule has 2 aromatic rings.